The maximum atomic E-state index is 12.7. The van der Waals surface area contributed by atoms with Crippen molar-refractivity contribution in [1.29, 1.82) is 0 Å². The molecular weight excluding hydrogens is 320 g/mol. The zero-order chi connectivity index (χ0) is 15.3. The summed E-state index contributed by atoms with van der Waals surface area (Å²) in [5.74, 6) is 0.247. The molecule has 3 heterocycles. The lowest BCUT2D eigenvalue weighted by Crippen LogP contribution is -2.36. The number of aromatic amines is 1. The Balaban J connectivity index is 1.65. The number of imidazole rings is 1. The molecule has 1 aliphatic heterocycles. The number of thiazole rings is 1. The van der Waals surface area contributed by atoms with Crippen molar-refractivity contribution in [3.8, 4) is 0 Å². The molecule has 0 radical (unpaired) electrons. The van der Waals surface area contributed by atoms with E-state index in [1.54, 1.807) is 17.4 Å². The standard InChI is InChI=1S/C15H13ClN4OS/c1-8-17-10-5-6-20(7-12(10)22-8)15(21)14-18-11-4-2-3-9(16)13(11)19-14/h2-4H,5-7H2,1H3,(H,18,19). The summed E-state index contributed by atoms with van der Waals surface area (Å²) >= 11 is 7.79. The Morgan fingerprint density at radius 3 is 3.09 bits per heavy atom. The van der Waals surface area contributed by atoms with Crippen LogP contribution in [-0.2, 0) is 13.0 Å². The van der Waals surface area contributed by atoms with E-state index in [-0.39, 0.29) is 5.91 Å². The van der Waals surface area contributed by atoms with E-state index in [0.29, 0.717) is 35.0 Å². The van der Waals surface area contributed by atoms with Crippen LogP contribution in [0, 0.1) is 6.92 Å². The van der Waals surface area contributed by atoms with Gasteiger partial charge in [-0.05, 0) is 19.1 Å². The van der Waals surface area contributed by atoms with Crippen molar-refractivity contribution < 1.29 is 4.79 Å². The molecule has 7 heteroatoms. The van der Waals surface area contributed by atoms with Crippen molar-refractivity contribution in [3.63, 3.8) is 0 Å². The number of halogens is 1. The Labute approximate surface area is 136 Å². The summed E-state index contributed by atoms with van der Waals surface area (Å²) in [6.07, 6.45) is 0.798. The van der Waals surface area contributed by atoms with Crippen LogP contribution < -0.4 is 0 Å². The molecule has 0 spiro atoms. The summed E-state index contributed by atoms with van der Waals surface area (Å²) in [4.78, 5) is 27.6. The first kappa shape index (κ1) is 13.7. The number of fused-ring (bicyclic) bond motifs is 2. The molecule has 22 heavy (non-hydrogen) atoms. The van der Waals surface area contributed by atoms with Crippen LogP contribution in [0.1, 0.15) is 26.2 Å². The Hall–Kier alpha value is -1.92. The molecule has 3 aromatic rings. The third kappa shape index (κ3) is 2.19. The van der Waals surface area contributed by atoms with E-state index in [0.717, 1.165) is 17.1 Å². The lowest BCUT2D eigenvalue weighted by atomic mass is 10.2. The van der Waals surface area contributed by atoms with Crippen LogP contribution in [0.5, 0.6) is 0 Å². The van der Waals surface area contributed by atoms with E-state index < -0.39 is 0 Å². The predicted octanol–water partition coefficient (Wildman–Crippen LogP) is 3.18. The molecule has 0 saturated heterocycles. The van der Waals surface area contributed by atoms with E-state index in [4.69, 9.17) is 11.6 Å². The molecule has 1 aliphatic rings. The monoisotopic (exact) mass is 332 g/mol. The average Bonchev–Trinajstić information content (AvgIpc) is 3.08. The topological polar surface area (TPSA) is 61.9 Å². The third-order valence-corrected chi connectivity index (χ3v) is 5.11. The summed E-state index contributed by atoms with van der Waals surface area (Å²) in [5, 5.41) is 1.62. The molecule has 2 aromatic heterocycles. The highest BCUT2D eigenvalue weighted by Crippen LogP contribution is 2.26. The van der Waals surface area contributed by atoms with Gasteiger partial charge >= 0.3 is 0 Å². The maximum Gasteiger partial charge on any atom is 0.290 e. The normalized spacial score (nSPS) is 14.4. The molecule has 1 aromatic carbocycles. The molecule has 0 saturated carbocycles. The number of nitrogens with zero attached hydrogens (tertiary/aromatic N) is 3. The second-order valence-corrected chi connectivity index (χ2v) is 6.99. The molecule has 0 aliphatic carbocycles. The Kier molecular flexibility index (Phi) is 3.16. The summed E-state index contributed by atoms with van der Waals surface area (Å²) in [7, 11) is 0. The quantitative estimate of drug-likeness (QED) is 0.744. The number of rotatable bonds is 1. The molecule has 0 bridgehead atoms. The predicted molar refractivity (Wildman–Crippen MR) is 86.4 cm³/mol. The Morgan fingerprint density at radius 2 is 2.27 bits per heavy atom. The van der Waals surface area contributed by atoms with Crippen LogP contribution in [0.15, 0.2) is 18.2 Å². The SMILES string of the molecule is Cc1nc2c(s1)CN(C(=O)c1nc3cccc(Cl)c3[nH]1)CC2. The Bertz CT molecular complexity index is 885. The van der Waals surface area contributed by atoms with E-state index in [9.17, 15) is 4.79 Å². The van der Waals surface area contributed by atoms with Gasteiger partial charge in [-0.3, -0.25) is 4.79 Å². The molecule has 1 amide bonds. The zero-order valence-electron chi connectivity index (χ0n) is 11.9. The fraction of sp³-hybridized carbons (Fsp3) is 0.267. The van der Waals surface area contributed by atoms with Gasteiger partial charge in [-0.25, -0.2) is 9.97 Å². The van der Waals surface area contributed by atoms with Gasteiger partial charge in [0, 0.05) is 17.8 Å². The lowest BCUT2D eigenvalue weighted by molar-refractivity contribution is 0.0725. The number of carbonyl (C=O) groups excluding carboxylic acids is 1. The van der Waals surface area contributed by atoms with Crippen LogP contribution in [0.25, 0.3) is 11.0 Å². The maximum absolute atomic E-state index is 12.7. The molecule has 1 N–H and O–H groups in total. The molecule has 0 fully saturated rings. The first-order valence-electron chi connectivity index (χ1n) is 7.00. The number of nitrogens with one attached hydrogen (secondary N) is 1. The van der Waals surface area contributed by atoms with Crippen LogP contribution in [0.2, 0.25) is 5.02 Å². The van der Waals surface area contributed by atoms with Gasteiger partial charge in [0.15, 0.2) is 5.82 Å². The van der Waals surface area contributed by atoms with E-state index in [2.05, 4.69) is 15.0 Å². The minimum atomic E-state index is -0.0935. The van der Waals surface area contributed by atoms with E-state index >= 15 is 0 Å². The van der Waals surface area contributed by atoms with Gasteiger partial charge in [0.05, 0.1) is 33.3 Å². The number of benzene rings is 1. The molecule has 4 rings (SSSR count). The minimum absolute atomic E-state index is 0.0935. The van der Waals surface area contributed by atoms with Crippen molar-refractivity contribution >= 4 is 39.9 Å². The van der Waals surface area contributed by atoms with Crippen molar-refractivity contribution in [2.45, 2.75) is 19.9 Å². The zero-order valence-corrected chi connectivity index (χ0v) is 13.5. The number of hydrogen-bond acceptors (Lipinski definition) is 4. The highest BCUT2D eigenvalue weighted by molar-refractivity contribution is 7.11. The lowest BCUT2D eigenvalue weighted by Gasteiger charge is -2.25. The first-order valence-corrected chi connectivity index (χ1v) is 8.20. The van der Waals surface area contributed by atoms with Crippen LogP contribution >= 0.6 is 22.9 Å². The van der Waals surface area contributed by atoms with Crippen LogP contribution in [0.4, 0.5) is 0 Å². The fourth-order valence-electron chi connectivity index (χ4n) is 2.75. The fourth-order valence-corrected chi connectivity index (χ4v) is 3.96. The largest absolute Gasteiger partial charge is 0.333 e. The summed E-state index contributed by atoms with van der Waals surface area (Å²) in [6.45, 7) is 3.26. The second-order valence-electron chi connectivity index (χ2n) is 5.30. The summed E-state index contributed by atoms with van der Waals surface area (Å²) in [6, 6.07) is 5.45. The minimum Gasteiger partial charge on any atom is -0.333 e. The van der Waals surface area contributed by atoms with Gasteiger partial charge in [-0.2, -0.15) is 0 Å². The van der Waals surface area contributed by atoms with Gasteiger partial charge in [-0.15, -0.1) is 11.3 Å². The highest BCUT2D eigenvalue weighted by Gasteiger charge is 2.26. The number of para-hydroxylation sites is 1. The van der Waals surface area contributed by atoms with E-state index in [1.807, 2.05) is 24.0 Å². The molecule has 0 unspecified atom stereocenters. The number of amides is 1. The summed E-state index contributed by atoms with van der Waals surface area (Å²) in [5.41, 5.74) is 2.54. The van der Waals surface area contributed by atoms with Gasteiger partial charge < -0.3 is 9.88 Å². The number of aromatic nitrogens is 3. The van der Waals surface area contributed by atoms with Gasteiger partial charge in [0.1, 0.15) is 0 Å². The second kappa shape index (κ2) is 5.07. The van der Waals surface area contributed by atoms with Crippen LogP contribution in [-0.4, -0.2) is 32.3 Å². The highest BCUT2D eigenvalue weighted by atomic mass is 35.5. The number of aryl methyl sites for hydroxylation is 1. The smallest absolute Gasteiger partial charge is 0.290 e. The average molecular weight is 333 g/mol. The van der Waals surface area contributed by atoms with E-state index in [1.165, 1.54) is 4.88 Å². The van der Waals surface area contributed by atoms with Gasteiger partial charge in [0.25, 0.3) is 5.91 Å². The number of carbonyl (C=O) groups is 1. The van der Waals surface area contributed by atoms with Crippen molar-refractivity contribution in [3.05, 3.63) is 44.6 Å². The number of hydrogen-bond donors (Lipinski definition) is 1. The van der Waals surface area contributed by atoms with Crippen molar-refractivity contribution in [1.82, 2.24) is 19.9 Å². The molecule has 112 valence electrons. The molecule has 0 atom stereocenters. The number of H-pyrrole nitrogens is 1. The molecule has 5 nitrogen and oxygen atoms in total. The third-order valence-electron chi connectivity index (χ3n) is 3.80. The van der Waals surface area contributed by atoms with Crippen LogP contribution in [0.3, 0.4) is 0 Å². The summed E-state index contributed by atoms with van der Waals surface area (Å²) < 4.78 is 0. The first-order chi connectivity index (χ1) is 10.6. The van der Waals surface area contributed by atoms with Crippen molar-refractivity contribution in [2.75, 3.05) is 6.54 Å². The van der Waals surface area contributed by atoms with Gasteiger partial charge in [0.2, 0.25) is 0 Å². The molecular formula is C15H13ClN4OS. The van der Waals surface area contributed by atoms with Gasteiger partial charge in [-0.1, -0.05) is 17.7 Å². The van der Waals surface area contributed by atoms with Crippen molar-refractivity contribution in [2.24, 2.45) is 0 Å². The Morgan fingerprint density at radius 1 is 1.41 bits per heavy atom.